The van der Waals surface area contributed by atoms with E-state index in [1.54, 1.807) is 30.5 Å². The first kappa shape index (κ1) is 18.6. The summed E-state index contributed by atoms with van der Waals surface area (Å²) < 4.78 is 12.9. The third-order valence-corrected chi connectivity index (χ3v) is 4.36. The predicted octanol–water partition coefficient (Wildman–Crippen LogP) is 4.11. The summed E-state index contributed by atoms with van der Waals surface area (Å²) in [6.45, 7) is 3.19. The van der Waals surface area contributed by atoms with Crippen molar-refractivity contribution in [2.45, 2.75) is 19.9 Å². The van der Waals surface area contributed by atoms with Crippen molar-refractivity contribution < 1.29 is 9.18 Å². The number of pyridine rings is 1. The van der Waals surface area contributed by atoms with E-state index in [1.807, 2.05) is 31.2 Å². The number of anilines is 1. The van der Waals surface area contributed by atoms with Gasteiger partial charge in [0.15, 0.2) is 0 Å². The van der Waals surface area contributed by atoms with Gasteiger partial charge < -0.3 is 10.6 Å². The van der Waals surface area contributed by atoms with Gasteiger partial charge >= 0.3 is 0 Å². The molecule has 1 aromatic heterocycles. The van der Waals surface area contributed by atoms with Crippen LogP contribution in [0, 0.1) is 12.7 Å². The third kappa shape index (κ3) is 5.38. The number of nitrogens with zero attached hydrogens (tertiary/aromatic N) is 1. The van der Waals surface area contributed by atoms with Gasteiger partial charge in [0.05, 0.1) is 5.56 Å². The van der Waals surface area contributed by atoms with E-state index in [0.29, 0.717) is 24.5 Å². The average molecular weight is 363 g/mol. The maximum Gasteiger partial charge on any atom is 0.253 e. The largest absolute Gasteiger partial charge is 0.370 e. The Labute approximate surface area is 158 Å². The molecule has 0 saturated carbocycles. The second-order valence-corrected chi connectivity index (χ2v) is 6.34. The molecule has 138 valence electrons. The molecule has 3 rings (SSSR count). The molecule has 2 aromatic carbocycles. The molecule has 0 aliphatic rings. The van der Waals surface area contributed by atoms with Crippen molar-refractivity contribution in [2.24, 2.45) is 0 Å². The topological polar surface area (TPSA) is 54.0 Å². The molecule has 1 heterocycles. The molecule has 0 bridgehead atoms. The van der Waals surface area contributed by atoms with Crippen molar-refractivity contribution in [1.82, 2.24) is 10.3 Å². The predicted molar refractivity (Wildman–Crippen MR) is 105 cm³/mol. The molecule has 0 unspecified atom stereocenters. The van der Waals surface area contributed by atoms with Gasteiger partial charge in [-0.05, 0) is 54.3 Å². The smallest absolute Gasteiger partial charge is 0.253 e. The summed E-state index contributed by atoms with van der Waals surface area (Å²) in [4.78, 5) is 16.6. The van der Waals surface area contributed by atoms with Crippen LogP contribution in [-0.2, 0) is 13.0 Å². The number of rotatable bonds is 7. The highest BCUT2D eigenvalue weighted by Crippen LogP contribution is 2.09. The molecular formula is C22H22FN3O. The van der Waals surface area contributed by atoms with Gasteiger partial charge in [-0.25, -0.2) is 9.37 Å². The van der Waals surface area contributed by atoms with Crippen molar-refractivity contribution in [1.29, 1.82) is 0 Å². The Morgan fingerprint density at radius 1 is 1.04 bits per heavy atom. The minimum absolute atomic E-state index is 0.149. The zero-order valence-electron chi connectivity index (χ0n) is 15.2. The first-order chi connectivity index (χ1) is 13.1. The molecular weight excluding hydrogens is 341 g/mol. The molecule has 1 amide bonds. The third-order valence-electron chi connectivity index (χ3n) is 4.36. The maximum atomic E-state index is 12.9. The van der Waals surface area contributed by atoms with E-state index in [2.05, 4.69) is 15.6 Å². The van der Waals surface area contributed by atoms with E-state index in [-0.39, 0.29) is 11.7 Å². The van der Waals surface area contributed by atoms with Crippen LogP contribution in [0.5, 0.6) is 0 Å². The number of nitrogens with one attached hydrogen (secondary N) is 2. The summed E-state index contributed by atoms with van der Waals surface area (Å²) in [5, 5.41) is 6.12. The van der Waals surface area contributed by atoms with Crippen LogP contribution in [0.1, 0.15) is 27.0 Å². The fourth-order valence-corrected chi connectivity index (χ4v) is 2.70. The monoisotopic (exact) mass is 363 g/mol. The van der Waals surface area contributed by atoms with Crippen LogP contribution >= 0.6 is 0 Å². The minimum atomic E-state index is -0.232. The summed E-state index contributed by atoms with van der Waals surface area (Å²) in [7, 11) is 0. The van der Waals surface area contributed by atoms with Crippen molar-refractivity contribution >= 4 is 11.7 Å². The molecule has 0 spiro atoms. The molecule has 0 aliphatic heterocycles. The van der Waals surface area contributed by atoms with Gasteiger partial charge in [-0.3, -0.25) is 4.79 Å². The maximum absolute atomic E-state index is 12.9. The summed E-state index contributed by atoms with van der Waals surface area (Å²) in [6, 6.07) is 18.0. The van der Waals surface area contributed by atoms with Crippen LogP contribution in [0.25, 0.3) is 0 Å². The molecule has 0 atom stereocenters. The number of halogens is 1. The Morgan fingerprint density at radius 2 is 1.81 bits per heavy atom. The Kier molecular flexibility index (Phi) is 6.15. The second-order valence-electron chi connectivity index (χ2n) is 6.34. The van der Waals surface area contributed by atoms with Crippen LogP contribution in [0.3, 0.4) is 0 Å². The number of hydrogen-bond donors (Lipinski definition) is 2. The van der Waals surface area contributed by atoms with Crippen LogP contribution in [0.2, 0.25) is 0 Å². The fraction of sp³-hybridized carbons (Fsp3) is 0.182. The lowest BCUT2D eigenvalue weighted by molar-refractivity contribution is 0.0950. The number of hydrogen-bond acceptors (Lipinski definition) is 3. The molecule has 0 saturated heterocycles. The van der Waals surface area contributed by atoms with Gasteiger partial charge in [0, 0.05) is 19.3 Å². The van der Waals surface area contributed by atoms with Gasteiger partial charge in [0.2, 0.25) is 0 Å². The molecule has 3 aromatic rings. The van der Waals surface area contributed by atoms with Crippen LogP contribution in [0.15, 0.2) is 66.9 Å². The highest BCUT2D eigenvalue weighted by molar-refractivity contribution is 5.94. The van der Waals surface area contributed by atoms with E-state index >= 15 is 0 Å². The Bertz CT molecular complexity index is 892. The number of amides is 1. The molecule has 0 radical (unpaired) electrons. The van der Waals surface area contributed by atoms with Crippen LogP contribution in [-0.4, -0.2) is 17.4 Å². The number of aromatic nitrogens is 1. The van der Waals surface area contributed by atoms with Crippen LogP contribution in [0.4, 0.5) is 10.2 Å². The fourth-order valence-electron chi connectivity index (χ4n) is 2.70. The number of benzene rings is 2. The van der Waals surface area contributed by atoms with Crippen molar-refractivity contribution in [2.75, 3.05) is 11.9 Å². The summed E-state index contributed by atoms with van der Waals surface area (Å²) >= 11 is 0. The van der Waals surface area contributed by atoms with E-state index in [0.717, 1.165) is 23.1 Å². The lowest BCUT2D eigenvalue weighted by Crippen LogP contribution is -2.23. The highest BCUT2D eigenvalue weighted by Gasteiger charge is 2.07. The number of carbonyl (C=O) groups excluding carboxylic acids is 1. The second kappa shape index (κ2) is 8.94. The van der Waals surface area contributed by atoms with E-state index in [9.17, 15) is 9.18 Å². The zero-order valence-corrected chi connectivity index (χ0v) is 15.2. The molecule has 27 heavy (non-hydrogen) atoms. The molecule has 5 heteroatoms. The number of aryl methyl sites for hydroxylation is 1. The highest BCUT2D eigenvalue weighted by atomic mass is 19.1. The Balaban J connectivity index is 1.48. The Hall–Kier alpha value is -3.21. The Morgan fingerprint density at radius 3 is 2.52 bits per heavy atom. The van der Waals surface area contributed by atoms with Gasteiger partial charge in [-0.2, -0.15) is 0 Å². The van der Waals surface area contributed by atoms with Crippen molar-refractivity contribution in [3.63, 3.8) is 0 Å². The molecule has 4 nitrogen and oxygen atoms in total. The average Bonchev–Trinajstić information content (AvgIpc) is 2.69. The lowest BCUT2D eigenvalue weighted by Gasteiger charge is -2.09. The van der Waals surface area contributed by atoms with Crippen molar-refractivity contribution in [3.05, 3.63) is 94.9 Å². The van der Waals surface area contributed by atoms with Crippen molar-refractivity contribution in [3.8, 4) is 0 Å². The normalized spacial score (nSPS) is 10.4. The summed E-state index contributed by atoms with van der Waals surface area (Å²) in [5.74, 6) is 0.320. The van der Waals surface area contributed by atoms with E-state index in [1.165, 1.54) is 12.1 Å². The SMILES string of the molecule is Cc1ccccc1CNC(=O)c1ccc(NCCc2ccc(F)cc2)nc1. The van der Waals surface area contributed by atoms with Gasteiger partial charge in [-0.15, -0.1) is 0 Å². The van der Waals surface area contributed by atoms with E-state index < -0.39 is 0 Å². The first-order valence-electron chi connectivity index (χ1n) is 8.89. The van der Waals surface area contributed by atoms with Crippen LogP contribution < -0.4 is 10.6 Å². The van der Waals surface area contributed by atoms with Gasteiger partial charge in [-0.1, -0.05) is 36.4 Å². The quantitative estimate of drug-likeness (QED) is 0.664. The van der Waals surface area contributed by atoms with Gasteiger partial charge in [0.1, 0.15) is 11.6 Å². The summed E-state index contributed by atoms with van der Waals surface area (Å²) in [5.41, 5.74) is 3.82. The first-order valence-corrected chi connectivity index (χ1v) is 8.89. The summed E-state index contributed by atoms with van der Waals surface area (Å²) in [6.07, 6.45) is 2.33. The standard InChI is InChI=1S/C22H22FN3O/c1-16-4-2-3-5-18(16)14-26-22(27)19-8-11-21(25-15-19)24-13-12-17-6-9-20(23)10-7-17/h2-11,15H,12-14H2,1H3,(H,24,25)(H,26,27). The van der Waals surface area contributed by atoms with E-state index in [4.69, 9.17) is 0 Å². The molecule has 0 aliphatic carbocycles. The molecule has 0 fully saturated rings. The zero-order chi connectivity index (χ0) is 19.1. The van der Waals surface area contributed by atoms with Gasteiger partial charge in [0.25, 0.3) is 5.91 Å². The lowest BCUT2D eigenvalue weighted by atomic mass is 10.1. The molecule has 2 N–H and O–H groups in total. The minimum Gasteiger partial charge on any atom is -0.370 e. The number of carbonyl (C=O) groups is 1.